The zero-order chi connectivity index (χ0) is 10.9. The Kier molecular flexibility index (Phi) is 2.47. The highest BCUT2D eigenvalue weighted by atomic mass is 32.2. The zero-order valence-corrected chi connectivity index (χ0v) is 8.87. The van der Waals surface area contributed by atoms with Crippen molar-refractivity contribution in [2.24, 2.45) is 0 Å². The number of anilines is 2. The van der Waals surface area contributed by atoms with Crippen LogP contribution in [0.15, 0.2) is 12.4 Å². The average Bonchev–Trinajstić information content (AvgIpc) is 2.45. The smallest absolute Gasteiger partial charge is 0.152 e. The molecule has 3 N–H and O–H groups in total. The summed E-state index contributed by atoms with van der Waals surface area (Å²) in [5.41, 5.74) is 5.48. The zero-order valence-electron chi connectivity index (χ0n) is 8.05. The maximum atomic E-state index is 11.2. The summed E-state index contributed by atoms with van der Waals surface area (Å²) in [6.45, 7) is 0. The highest BCUT2D eigenvalue weighted by Gasteiger charge is 2.27. The van der Waals surface area contributed by atoms with E-state index in [1.165, 1.54) is 6.33 Å². The summed E-state index contributed by atoms with van der Waals surface area (Å²) in [6.07, 6.45) is 1.97. The van der Waals surface area contributed by atoms with Gasteiger partial charge in [-0.25, -0.2) is 18.4 Å². The van der Waals surface area contributed by atoms with E-state index in [-0.39, 0.29) is 17.5 Å². The van der Waals surface area contributed by atoms with Crippen molar-refractivity contribution >= 4 is 21.5 Å². The van der Waals surface area contributed by atoms with Crippen LogP contribution in [-0.4, -0.2) is 35.9 Å². The maximum absolute atomic E-state index is 11.2. The third-order valence-corrected chi connectivity index (χ3v) is 4.04. The highest BCUT2D eigenvalue weighted by molar-refractivity contribution is 7.91. The van der Waals surface area contributed by atoms with Crippen LogP contribution in [0.25, 0.3) is 0 Å². The van der Waals surface area contributed by atoms with Gasteiger partial charge < -0.3 is 11.1 Å². The van der Waals surface area contributed by atoms with Crippen molar-refractivity contribution in [3.8, 4) is 0 Å². The van der Waals surface area contributed by atoms with Crippen molar-refractivity contribution < 1.29 is 8.42 Å². The monoisotopic (exact) mass is 228 g/mol. The van der Waals surface area contributed by atoms with Crippen LogP contribution in [0, 0.1) is 0 Å². The SMILES string of the molecule is Nc1cc(N[C@@H]2CCS(=O)(=O)C2)ncn1. The van der Waals surface area contributed by atoms with E-state index < -0.39 is 9.84 Å². The van der Waals surface area contributed by atoms with Crippen LogP contribution < -0.4 is 11.1 Å². The summed E-state index contributed by atoms with van der Waals surface area (Å²) in [5.74, 6) is 1.35. The molecule has 0 aliphatic carbocycles. The van der Waals surface area contributed by atoms with E-state index in [2.05, 4.69) is 15.3 Å². The normalized spacial score (nSPS) is 23.9. The summed E-state index contributed by atoms with van der Waals surface area (Å²) in [4.78, 5) is 7.71. The van der Waals surface area contributed by atoms with Gasteiger partial charge in [-0.3, -0.25) is 0 Å². The number of rotatable bonds is 2. The number of aromatic nitrogens is 2. The van der Waals surface area contributed by atoms with Gasteiger partial charge in [0, 0.05) is 12.1 Å². The van der Waals surface area contributed by atoms with E-state index in [4.69, 9.17) is 5.73 Å². The van der Waals surface area contributed by atoms with Gasteiger partial charge in [-0.1, -0.05) is 0 Å². The molecule has 2 heterocycles. The maximum Gasteiger partial charge on any atom is 0.152 e. The molecule has 0 saturated carbocycles. The van der Waals surface area contributed by atoms with Crippen LogP contribution in [0.4, 0.5) is 11.6 Å². The van der Waals surface area contributed by atoms with E-state index >= 15 is 0 Å². The molecule has 0 amide bonds. The van der Waals surface area contributed by atoms with Crippen LogP contribution in [0.1, 0.15) is 6.42 Å². The summed E-state index contributed by atoms with van der Waals surface area (Å²) in [5, 5.41) is 3.03. The molecular weight excluding hydrogens is 216 g/mol. The van der Waals surface area contributed by atoms with E-state index in [0.29, 0.717) is 18.1 Å². The van der Waals surface area contributed by atoms with Gasteiger partial charge >= 0.3 is 0 Å². The van der Waals surface area contributed by atoms with Gasteiger partial charge in [-0.2, -0.15) is 0 Å². The summed E-state index contributed by atoms with van der Waals surface area (Å²) < 4.78 is 22.4. The fraction of sp³-hybridized carbons (Fsp3) is 0.500. The fourth-order valence-corrected chi connectivity index (χ4v) is 3.24. The minimum atomic E-state index is -2.86. The van der Waals surface area contributed by atoms with Crippen molar-refractivity contribution in [1.29, 1.82) is 0 Å². The molecule has 1 saturated heterocycles. The van der Waals surface area contributed by atoms with Gasteiger partial charge in [0.2, 0.25) is 0 Å². The predicted octanol–water partition coefficient (Wildman–Crippen LogP) is -0.342. The van der Waals surface area contributed by atoms with Crippen LogP contribution in [-0.2, 0) is 9.84 Å². The Hall–Kier alpha value is -1.37. The quantitative estimate of drug-likeness (QED) is 0.718. The lowest BCUT2D eigenvalue weighted by Crippen LogP contribution is -2.21. The fourth-order valence-electron chi connectivity index (χ4n) is 1.57. The first kappa shape index (κ1) is 10.2. The molecule has 0 spiro atoms. The molecule has 0 aromatic carbocycles. The Morgan fingerprint density at radius 3 is 2.87 bits per heavy atom. The summed E-state index contributed by atoms with van der Waals surface area (Å²) in [6, 6.07) is 1.52. The first-order valence-electron chi connectivity index (χ1n) is 4.60. The van der Waals surface area contributed by atoms with Crippen LogP contribution in [0.5, 0.6) is 0 Å². The molecule has 0 bridgehead atoms. The lowest BCUT2D eigenvalue weighted by atomic mass is 10.2. The third kappa shape index (κ3) is 2.56. The molecule has 1 aromatic rings. The van der Waals surface area contributed by atoms with Gasteiger partial charge in [-0.05, 0) is 6.42 Å². The molecule has 1 aliphatic rings. The highest BCUT2D eigenvalue weighted by Crippen LogP contribution is 2.16. The third-order valence-electron chi connectivity index (χ3n) is 2.27. The van der Waals surface area contributed by atoms with Crippen molar-refractivity contribution in [2.45, 2.75) is 12.5 Å². The standard InChI is InChI=1S/C8H12N4O2S/c9-7-3-8(11-5-10-7)12-6-1-2-15(13,14)4-6/h3,5-6H,1-2,4H2,(H3,9,10,11,12)/t6-/m1/s1. The van der Waals surface area contributed by atoms with E-state index in [0.717, 1.165) is 0 Å². The molecule has 7 heteroatoms. The molecule has 1 atom stereocenters. The van der Waals surface area contributed by atoms with Crippen molar-refractivity contribution in [3.63, 3.8) is 0 Å². The van der Waals surface area contributed by atoms with E-state index in [1.54, 1.807) is 6.07 Å². The van der Waals surface area contributed by atoms with Crippen molar-refractivity contribution in [1.82, 2.24) is 9.97 Å². The minimum absolute atomic E-state index is 0.0655. The number of hydrogen-bond acceptors (Lipinski definition) is 6. The van der Waals surface area contributed by atoms with Gasteiger partial charge in [0.05, 0.1) is 11.5 Å². The molecule has 2 rings (SSSR count). The second-order valence-corrected chi connectivity index (χ2v) is 5.80. The lowest BCUT2D eigenvalue weighted by Gasteiger charge is -2.10. The minimum Gasteiger partial charge on any atom is -0.384 e. The largest absolute Gasteiger partial charge is 0.384 e. The predicted molar refractivity (Wildman–Crippen MR) is 57.1 cm³/mol. The number of nitrogen functional groups attached to an aromatic ring is 1. The topological polar surface area (TPSA) is 98.0 Å². The van der Waals surface area contributed by atoms with Crippen molar-refractivity contribution in [3.05, 3.63) is 12.4 Å². The number of hydrogen-bond donors (Lipinski definition) is 2. The number of sulfone groups is 1. The van der Waals surface area contributed by atoms with Crippen LogP contribution in [0.2, 0.25) is 0 Å². The first-order valence-corrected chi connectivity index (χ1v) is 6.42. The Bertz CT molecular complexity index is 459. The molecule has 6 nitrogen and oxygen atoms in total. The van der Waals surface area contributed by atoms with Gasteiger partial charge in [-0.15, -0.1) is 0 Å². The Labute approximate surface area is 87.8 Å². The van der Waals surface area contributed by atoms with E-state index in [9.17, 15) is 8.42 Å². The number of nitrogens with two attached hydrogens (primary N) is 1. The van der Waals surface area contributed by atoms with Gasteiger partial charge in [0.15, 0.2) is 9.84 Å². The molecular formula is C8H12N4O2S. The second kappa shape index (κ2) is 3.65. The lowest BCUT2D eigenvalue weighted by molar-refractivity contribution is 0.602. The Balaban J connectivity index is 2.05. The molecule has 0 radical (unpaired) electrons. The van der Waals surface area contributed by atoms with Crippen molar-refractivity contribution in [2.75, 3.05) is 22.6 Å². The van der Waals surface area contributed by atoms with Crippen LogP contribution >= 0.6 is 0 Å². The number of nitrogens with zero attached hydrogens (tertiary/aromatic N) is 2. The Morgan fingerprint density at radius 1 is 1.47 bits per heavy atom. The summed E-state index contributed by atoms with van der Waals surface area (Å²) in [7, 11) is -2.86. The molecule has 1 aliphatic heterocycles. The number of nitrogens with one attached hydrogen (secondary N) is 1. The molecule has 1 fully saturated rings. The molecule has 1 aromatic heterocycles. The average molecular weight is 228 g/mol. The molecule has 15 heavy (non-hydrogen) atoms. The van der Waals surface area contributed by atoms with E-state index in [1.807, 2.05) is 0 Å². The second-order valence-electron chi connectivity index (χ2n) is 3.57. The van der Waals surface area contributed by atoms with Crippen LogP contribution in [0.3, 0.4) is 0 Å². The van der Waals surface area contributed by atoms with Gasteiger partial charge in [0.25, 0.3) is 0 Å². The Morgan fingerprint density at radius 2 is 2.27 bits per heavy atom. The first-order chi connectivity index (χ1) is 7.05. The summed E-state index contributed by atoms with van der Waals surface area (Å²) >= 11 is 0. The van der Waals surface area contributed by atoms with Gasteiger partial charge in [0.1, 0.15) is 18.0 Å². The molecule has 0 unspecified atom stereocenters. The molecule has 82 valence electrons.